The molecule has 2 aromatic heterocycles. The van der Waals surface area contributed by atoms with Crippen LogP contribution in [0.3, 0.4) is 0 Å². The number of rotatable bonds is 4. The number of pyridine rings is 1. The van der Waals surface area contributed by atoms with Gasteiger partial charge >= 0.3 is 0 Å². The number of carbonyl (C=O) groups is 1. The van der Waals surface area contributed by atoms with Gasteiger partial charge in [0.15, 0.2) is 11.6 Å². The van der Waals surface area contributed by atoms with Crippen molar-refractivity contribution in [2.75, 3.05) is 36.8 Å². The number of nitrogens with zero attached hydrogens (tertiary/aromatic N) is 3. The molecule has 1 saturated heterocycles. The second-order valence-corrected chi connectivity index (χ2v) is 7.50. The Labute approximate surface area is 162 Å². The lowest BCUT2D eigenvalue weighted by molar-refractivity contribution is 0.0952. The third-order valence-corrected chi connectivity index (χ3v) is 5.61. The van der Waals surface area contributed by atoms with Crippen LogP contribution in [0.1, 0.15) is 16.9 Å². The van der Waals surface area contributed by atoms with E-state index in [-0.39, 0.29) is 18.0 Å². The molecule has 0 bridgehead atoms. The van der Waals surface area contributed by atoms with Crippen molar-refractivity contribution in [1.82, 2.24) is 14.7 Å². The van der Waals surface area contributed by atoms with Gasteiger partial charge in [0.1, 0.15) is 17.5 Å². The number of nitrogens with one attached hydrogen (secondary N) is 1. The second kappa shape index (κ2) is 6.60. The van der Waals surface area contributed by atoms with E-state index in [1.165, 1.54) is 5.69 Å². The number of piperazine rings is 1. The van der Waals surface area contributed by atoms with Crippen LogP contribution in [-0.2, 0) is 0 Å². The topological polar surface area (TPSA) is 75.7 Å². The summed E-state index contributed by atoms with van der Waals surface area (Å²) in [5.41, 5.74) is 10.1. The fraction of sp³-hybridized carbons (Fsp3) is 0.333. The van der Waals surface area contributed by atoms with E-state index in [4.69, 9.17) is 5.73 Å². The Morgan fingerprint density at radius 1 is 1.11 bits per heavy atom. The Hall–Kier alpha value is -2.93. The number of aromatic nitrogens is 2. The third-order valence-electron chi connectivity index (χ3n) is 5.61. The van der Waals surface area contributed by atoms with E-state index in [0.29, 0.717) is 11.3 Å². The fourth-order valence-electron chi connectivity index (χ4n) is 3.88. The van der Waals surface area contributed by atoms with Crippen molar-refractivity contribution in [2.24, 2.45) is 5.92 Å². The SMILES string of the molecule is Nc1nc2ccc(-c3ccc(N4CCNCC4)cc3)cn2c1C(=O)[C@@H]1C[C@@H]1F. The van der Waals surface area contributed by atoms with E-state index in [1.807, 2.05) is 18.3 Å². The molecule has 6 nitrogen and oxygen atoms in total. The summed E-state index contributed by atoms with van der Waals surface area (Å²) in [5, 5.41) is 3.36. The minimum atomic E-state index is -1.06. The van der Waals surface area contributed by atoms with Crippen LogP contribution >= 0.6 is 0 Å². The number of alkyl halides is 1. The maximum Gasteiger partial charge on any atom is 0.189 e. The van der Waals surface area contributed by atoms with E-state index in [9.17, 15) is 9.18 Å². The predicted octanol–water partition coefficient (Wildman–Crippen LogP) is 2.53. The molecule has 28 heavy (non-hydrogen) atoms. The van der Waals surface area contributed by atoms with Crippen molar-refractivity contribution in [3.8, 4) is 11.1 Å². The Bertz CT molecular complexity index is 1040. The zero-order valence-electron chi connectivity index (χ0n) is 15.4. The van der Waals surface area contributed by atoms with Gasteiger partial charge in [-0.25, -0.2) is 9.37 Å². The number of nitrogen functional groups attached to an aromatic ring is 1. The van der Waals surface area contributed by atoms with Gasteiger partial charge in [0.2, 0.25) is 0 Å². The Morgan fingerprint density at radius 3 is 2.46 bits per heavy atom. The normalized spacial score (nSPS) is 21.8. The van der Waals surface area contributed by atoms with Crippen LogP contribution in [0.25, 0.3) is 16.8 Å². The maximum atomic E-state index is 13.4. The van der Waals surface area contributed by atoms with Gasteiger partial charge in [-0.05, 0) is 41.8 Å². The molecule has 1 aromatic carbocycles. The van der Waals surface area contributed by atoms with Crippen LogP contribution in [0.4, 0.5) is 15.9 Å². The number of ketones is 1. The standard InChI is InChI=1S/C21H22FN5O/c22-17-11-16(17)20(28)19-21(23)25-18-6-3-14(12-27(18)19)13-1-4-15(5-2-13)26-9-7-24-8-10-26/h1-6,12,16-17,24H,7-11,23H2/t16-,17+/m1/s1. The zero-order valence-corrected chi connectivity index (χ0v) is 15.4. The summed E-state index contributed by atoms with van der Waals surface area (Å²) in [4.78, 5) is 19.2. The van der Waals surface area contributed by atoms with Crippen LogP contribution in [0.2, 0.25) is 0 Å². The quantitative estimate of drug-likeness (QED) is 0.682. The van der Waals surface area contributed by atoms with Gasteiger partial charge in [-0.2, -0.15) is 0 Å². The van der Waals surface area contributed by atoms with Gasteiger partial charge < -0.3 is 16.0 Å². The Balaban J connectivity index is 1.48. The third kappa shape index (κ3) is 2.92. The first-order valence-corrected chi connectivity index (χ1v) is 9.64. The number of anilines is 2. The van der Waals surface area contributed by atoms with Crippen LogP contribution in [0, 0.1) is 5.92 Å². The number of benzene rings is 1. The fourth-order valence-corrected chi connectivity index (χ4v) is 3.88. The van der Waals surface area contributed by atoms with Gasteiger partial charge in [-0.15, -0.1) is 0 Å². The first-order chi connectivity index (χ1) is 13.6. The summed E-state index contributed by atoms with van der Waals surface area (Å²) in [7, 11) is 0. The van der Waals surface area contributed by atoms with Crippen LogP contribution in [0.15, 0.2) is 42.6 Å². The van der Waals surface area contributed by atoms with E-state index >= 15 is 0 Å². The highest BCUT2D eigenvalue weighted by molar-refractivity contribution is 6.03. The highest BCUT2D eigenvalue weighted by Crippen LogP contribution is 2.38. The number of halogens is 1. The molecule has 7 heteroatoms. The molecule has 144 valence electrons. The Kier molecular flexibility index (Phi) is 4.05. The molecule has 2 fully saturated rings. The van der Waals surface area contributed by atoms with E-state index < -0.39 is 12.1 Å². The molecular weight excluding hydrogens is 357 g/mol. The lowest BCUT2D eigenvalue weighted by Gasteiger charge is -2.29. The van der Waals surface area contributed by atoms with Gasteiger partial charge in [0.25, 0.3) is 0 Å². The molecular formula is C21H22FN5O. The van der Waals surface area contributed by atoms with Gasteiger partial charge in [-0.3, -0.25) is 9.20 Å². The highest BCUT2D eigenvalue weighted by Gasteiger charge is 2.45. The highest BCUT2D eigenvalue weighted by atomic mass is 19.1. The van der Waals surface area contributed by atoms with Crippen LogP contribution in [-0.4, -0.2) is 47.5 Å². The molecule has 5 rings (SSSR count). The van der Waals surface area contributed by atoms with Crippen molar-refractivity contribution >= 4 is 22.9 Å². The molecule has 0 amide bonds. The number of Topliss-reactive ketones (excluding diaryl/α,β-unsaturated/α-hetero) is 1. The summed E-state index contributed by atoms with van der Waals surface area (Å²) in [5.74, 6) is -0.678. The molecule has 1 saturated carbocycles. The summed E-state index contributed by atoms with van der Waals surface area (Å²) in [6, 6.07) is 12.2. The second-order valence-electron chi connectivity index (χ2n) is 7.50. The largest absolute Gasteiger partial charge is 0.382 e. The number of carbonyl (C=O) groups excluding carboxylic acids is 1. The maximum absolute atomic E-state index is 13.4. The molecule has 2 atom stereocenters. The number of imidazole rings is 1. The molecule has 1 aliphatic carbocycles. The molecule has 2 aliphatic rings. The predicted molar refractivity (Wildman–Crippen MR) is 107 cm³/mol. The molecule has 0 unspecified atom stereocenters. The van der Waals surface area contributed by atoms with Gasteiger partial charge in [-0.1, -0.05) is 12.1 Å². The molecule has 3 N–H and O–H groups in total. The minimum Gasteiger partial charge on any atom is -0.382 e. The average molecular weight is 379 g/mol. The number of fused-ring (bicyclic) bond motifs is 1. The van der Waals surface area contributed by atoms with Crippen molar-refractivity contribution in [2.45, 2.75) is 12.6 Å². The van der Waals surface area contributed by atoms with Gasteiger partial charge in [0.05, 0.1) is 5.92 Å². The van der Waals surface area contributed by atoms with Crippen molar-refractivity contribution in [3.05, 3.63) is 48.3 Å². The zero-order chi connectivity index (χ0) is 19.3. The minimum absolute atomic E-state index is 0.162. The lowest BCUT2D eigenvalue weighted by atomic mass is 10.1. The molecule has 3 heterocycles. The lowest BCUT2D eigenvalue weighted by Crippen LogP contribution is -2.43. The van der Waals surface area contributed by atoms with E-state index in [2.05, 4.69) is 39.5 Å². The number of nitrogens with two attached hydrogens (primary N) is 1. The average Bonchev–Trinajstić information content (AvgIpc) is 3.37. The number of hydrogen-bond donors (Lipinski definition) is 2. The van der Waals surface area contributed by atoms with E-state index in [1.54, 1.807) is 4.40 Å². The molecule has 0 radical (unpaired) electrons. The first kappa shape index (κ1) is 17.2. The molecule has 1 aliphatic heterocycles. The molecule has 0 spiro atoms. The first-order valence-electron chi connectivity index (χ1n) is 9.64. The van der Waals surface area contributed by atoms with Crippen molar-refractivity contribution in [3.63, 3.8) is 0 Å². The summed E-state index contributed by atoms with van der Waals surface area (Å²) in [6.45, 7) is 4.00. The summed E-state index contributed by atoms with van der Waals surface area (Å²) in [6.07, 6.45) is 1.08. The van der Waals surface area contributed by atoms with Gasteiger partial charge in [0, 0.05) is 38.1 Å². The smallest absolute Gasteiger partial charge is 0.189 e. The Morgan fingerprint density at radius 2 is 1.79 bits per heavy atom. The van der Waals surface area contributed by atoms with Crippen molar-refractivity contribution < 1.29 is 9.18 Å². The van der Waals surface area contributed by atoms with E-state index in [0.717, 1.165) is 37.3 Å². The summed E-state index contributed by atoms with van der Waals surface area (Å²) >= 11 is 0. The number of hydrogen-bond acceptors (Lipinski definition) is 5. The van der Waals surface area contributed by atoms with Crippen LogP contribution in [0.5, 0.6) is 0 Å². The van der Waals surface area contributed by atoms with Crippen molar-refractivity contribution in [1.29, 1.82) is 0 Å². The summed E-state index contributed by atoms with van der Waals surface area (Å²) < 4.78 is 15.1. The van der Waals surface area contributed by atoms with Crippen LogP contribution < -0.4 is 16.0 Å². The monoisotopic (exact) mass is 379 g/mol. The molecule has 3 aromatic rings.